The lowest BCUT2D eigenvalue weighted by molar-refractivity contribution is -0.187. The summed E-state index contributed by atoms with van der Waals surface area (Å²) in [4.78, 5) is 0. The van der Waals surface area contributed by atoms with E-state index in [0.717, 1.165) is 22.9 Å². The van der Waals surface area contributed by atoms with Gasteiger partial charge in [-0.15, -0.1) is 0 Å². The summed E-state index contributed by atoms with van der Waals surface area (Å²) in [6, 6.07) is 10.8. The number of hydrogen-bond acceptors (Lipinski definition) is 2. The third-order valence-corrected chi connectivity index (χ3v) is 4.42. The maximum Gasteiger partial charge on any atom is 0.303 e. The fourth-order valence-corrected chi connectivity index (χ4v) is 3.51. The highest BCUT2D eigenvalue weighted by molar-refractivity contribution is 6.10. The van der Waals surface area contributed by atoms with Gasteiger partial charge in [0.25, 0.3) is 0 Å². The highest BCUT2D eigenvalue weighted by Crippen LogP contribution is 2.42. The first-order valence-electron chi connectivity index (χ1n) is 6.15. The molecular formula is C13H17AlO2. The SMILES string of the molecule is [AlH2][CH]1OCC2C[C@@H](c3ccccc3)C[C@@H]2O1. The third-order valence-electron chi connectivity index (χ3n) is 3.81. The van der Waals surface area contributed by atoms with Crippen LogP contribution in [0.25, 0.3) is 0 Å². The monoisotopic (exact) mass is 232 g/mol. The number of fused-ring (bicyclic) bond motifs is 1. The van der Waals surface area contributed by atoms with Gasteiger partial charge in [0.2, 0.25) is 0 Å². The van der Waals surface area contributed by atoms with Crippen LogP contribution in [-0.4, -0.2) is 34.2 Å². The Morgan fingerprint density at radius 2 is 1.94 bits per heavy atom. The van der Waals surface area contributed by atoms with Crippen LogP contribution < -0.4 is 0 Å². The number of rotatable bonds is 1. The second-order valence-electron chi connectivity index (χ2n) is 4.91. The Morgan fingerprint density at radius 3 is 2.75 bits per heavy atom. The van der Waals surface area contributed by atoms with Crippen LogP contribution in [0.4, 0.5) is 0 Å². The molecule has 2 aliphatic rings. The summed E-state index contributed by atoms with van der Waals surface area (Å²) in [5.74, 6) is 1.29. The minimum atomic E-state index is 0.121. The van der Waals surface area contributed by atoms with Crippen molar-refractivity contribution in [3.63, 3.8) is 0 Å². The minimum absolute atomic E-state index is 0.121. The molecule has 3 heteroatoms. The average molecular weight is 232 g/mol. The molecule has 0 N–H and O–H groups in total. The van der Waals surface area contributed by atoms with Gasteiger partial charge in [-0.05, 0) is 24.3 Å². The van der Waals surface area contributed by atoms with E-state index >= 15 is 0 Å². The molecule has 84 valence electrons. The summed E-state index contributed by atoms with van der Waals surface area (Å²) in [7, 11) is 0. The molecule has 3 rings (SSSR count). The average Bonchev–Trinajstić information content (AvgIpc) is 2.73. The third kappa shape index (κ3) is 2.06. The van der Waals surface area contributed by atoms with Gasteiger partial charge in [-0.3, -0.25) is 0 Å². The van der Waals surface area contributed by atoms with Gasteiger partial charge in [-0.2, -0.15) is 0 Å². The molecule has 4 atom stereocenters. The zero-order valence-corrected chi connectivity index (χ0v) is 11.6. The summed E-state index contributed by atoms with van der Waals surface area (Å²) in [5, 5.41) is 0.121. The molecule has 1 aliphatic carbocycles. The predicted octanol–water partition coefficient (Wildman–Crippen LogP) is 1.51. The zero-order valence-electron chi connectivity index (χ0n) is 9.63. The number of hydrogen-bond donors (Lipinski definition) is 0. The fourth-order valence-electron chi connectivity index (χ4n) is 2.97. The van der Waals surface area contributed by atoms with Crippen molar-refractivity contribution in [2.45, 2.75) is 30.0 Å². The molecule has 1 saturated heterocycles. The van der Waals surface area contributed by atoms with E-state index in [1.54, 1.807) is 0 Å². The van der Waals surface area contributed by atoms with Crippen LogP contribution >= 0.6 is 0 Å². The van der Waals surface area contributed by atoms with E-state index in [9.17, 15) is 0 Å². The summed E-state index contributed by atoms with van der Waals surface area (Å²) >= 11 is 0.982. The molecule has 1 heterocycles. The van der Waals surface area contributed by atoms with E-state index in [1.165, 1.54) is 18.4 Å². The van der Waals surface area contributed by atoms with Crippen molar-refractivity contribution in [1.29, 1.82) is 0 Å². The molecule has 0 amide bonds. The lowest BCUT2D eigenvalue weighted by atomic mass is 9.97. The Labute approximate surface area is 104 Å². The fraction of sp³-hybridized carbons (Fsp3) is 0.538. The van der Waals surface area contributed by atoms with E-state index in [2.05, 4.69) is 30.3 Å². The van der Waals surface area contributed by atoms with Crippen molar-refractivity contribution in [2.75, 3.05) is 6.61 Å². The number of ether oxygens (including phenoxy) is 2. The van der Waals surface area contributed by atoms with Gasteiger partial charge in [-0.1, -0.05) is 30.3 Å². The van der Waals surface area contributed by atoms with Gasteiger partial charge in [0.05, 0.1) is 17.9 Å². The summed E-state index contributed by atoms with van der Waals surface area (Å²) in [6.45, 7) is 0.905. The molecule has 2 nitrogen and oxygen atoms in total. The Bertz CT molecular complexity index is 354. The van der Waals surface area contributed by atoms with Crippen molar-refractivity contribution in [3.8, 4) is 0 Å². The summed E-state index contributed by atoms with van der Waals surface area (Å²) < 4.78 is 11.5. The van der Waals surface area contributed by atoms with Crippen molar-refractivity contribution >= 4 is 16.3 Å². The van der Waals surface area contributed by atoms with Crippen LogP contribution in [0.3, 0.4) is 0 Å². The van der Waals surface area contributed by atoms with E-state index in [4.69, 9.17) is 9.47 Å². The standard InChI is InChI=1S/C13H15O2.Al.2H/c1-2-4-10(5-3-1)11-6-12-8-14-9-15-13(12)7-11;;;/h1-5,9,11-13H,6-8H2;;;/t11-,12?,13+;;;/m1.../s1. The van der Waals surface area contributed by atoms with Gasteiger partial charge in [0.1, 0.15) is 0 Å². The predicted molar refractivity (Wildman–Crippen MR) is 65.1 cm³/mol. The lowest BCUT2D eigenvalue weighted by Gasteiger charge is -2.31. The molecule has 1 aromatic rings. The van der Waals surface area contributed by atoms with Crippen LogP contribution in [0.15, 0.2) is 30.3 Å². The highest BCUT2D eigenvalue weighted by Gasteiger charge is 2.39. The van der Waals surface area contributed by atoms with Crippen molar-refractivity contribution in [3.05, 3.63) is 35.9 Å². The van der Waals surface area contributed by atoms with Gasteiger partial charge in [0, 0.05) is 5.92 Å². The first-order valence-corrected chi connectivity index (χ1v) is 7.30. The Balaban J connectivity index is 1.73. The molecule has 0 bridgehead atoms. The Morgan fingerprint density at radius 1 is 1.12 bits per heavy atom. The van der Waals surface area contributed by atoms with Crippen molar-refractivity contribution < 1.29 is 9.47 Å². The van der Waals surface area contributed by atoms with E-state index < -0.39 is 0 Å². The zero-order chi connectivity index (χ0) is 11.0. The Hall–Kier alpha value is -0.328. The molecule has 16 heavy (non-hydrogen) atoms. The van der Waals surface area contributed by atoms with Crippen LogP contribution in [0, 0.1) is 5.92 Å². The summed E-state index contributed by atoms with van der Waals surface area (Å²) in [5.41, 5.74) is 1.46. The van der Waals surface area contributed by atoms with E-state index in [0.29, 0.717) is 17.9 Å². The lowest BCUT2D eigenvalue weighted by Crippen LogP contribution is -2.36. The minimum Gasteiger partial charge on any atom is -0.368 e. The topological polar surface area (TPSA) is 18.5 Å². The Kier molecular flexibility index (Phi) is 3.04. The second-order valence-corrected chi connectivity index (χ2v) is 5.86. The summed E-state index contributed by atoms with van der Waals surface area (Å²) in [6.07, 6.45) is 2.85. The maximum absolute atomic E-state index is 5.90. The van der Waals surface area contributed by atoms with Gasteiger partial charge < -0.3 is 9.47 Å². The second kappa shape index (κ2) is 4.51. The molecule has 1 saturated carbocycles. The van der Waals surface area contributed by atoms with Crippen molar-refractivity contribution in [1.82, 2.24) is 0 Å². The van der Waals surface area contributed by atoms with Gasteiger partial charge in [-0.25, -0.2) is 0 Å². The molecular weight excluding hydrogens is 215 g/mol. The first-order chi connectivity index (χ1) is 7.83. The molecule has 0 radical (unpaired) electrons. The largest absolute Gasteiger partial charge is 0.368 e. The van der Waals surface area contributed by atoms with E-state index in [-0.39, 0.29) is 5.15 Å². The van der Waals surface area contributed by atoms with Gasteiger partial charge in [0.15, 0.2) is 0 Å². The molecule has 0 spiro atoms. The molecule has 2 fully saturated rings. The maximum atomic E-state index is 5.90. The molecule has 1 aromatic carbocycles. The van der Waals surface area contributed by atoms with Crippen LogP contribution in [0.2, 0.25) is 0 Å². The number of benzene rings is 1. The first kappa shape index (κ1) is 10.8. The van der Waals surface area contributed by atoms with Crippen LogP contribution in [0.5, 0.6) is 0 Å². The molecule has 2 unspecified atom stereocenters. The molecule has 0 aromatic heterocycles. The van der Waals surface area contributed by atoms with Crippen LogP contribution in [-0.2, 0) is 9.47 Å². The van der Waals surface area contributed by atoms with Crippen LogP contribution in [0.1, 0.15) is 24.3 Å². The normalized spacial score (nSPS) is 38.2. The van der Waals surface area contributed by atoms with Crippen molar-refractivity contribution in [2.24, 2.45) is 5.92 Å². The quantitative estimate of drug-likeness (QED) is 0.683. The highest BCUT2D eigenvalue weighted by atomic mass is 27.0. The van der Waals surface area contributed by atoms with Gasteiger partial charge >= 0.3 is 16.3 Å². The smallest absolute Gasteiger partial charge is 0.303 e. The molecule has 1 aliphatic heterocycles. The van der Waals surface area contributed by atoms with E-state index in [1.807, 2.05) is 0 Å².